The van der Waals surface area contributed by atoms with Crippen molar-refractivity contribution in [3.63, 3.8) is 0 Å². The fourth-order valence-corrected chi connectivity index (χ4v) is 8.04. The Labute approximate surface area is 234 Å². The lowest BCUT2D eigenvalue weighted by Gasteiger charge is -2.35. The molecule has 1 aliphatic rings. The van der Waals surface area contributed by atoms with E-state index in [0.29, 0.717) is 28.7 Å². The first-order valence-electron chi connectivity index (χ1n) is 12.0. The van der Waals surface area contributed by atoms with Gasteiger partial charge in [-0.05, 0) is 67.4 Å². The molecule has 1 N–H and O–H groups in total. The predicted molar refractivity (Wildman–Crippen MR) is 150 cm³/mol. The fourth-order valence-electron chi connectivity index (χ4n) is 4.64. The number of likely N-dealkylation sites (tertiary alicyclic amines) is 1. The molecule has 1 fully saturated rings. The molecule has 1 unspecified atom stereocenters. The van der Waals surface area contributed by atoms with Gasteiger partial charge in [-0.1, -0.05) is 34.5 Å². The summed E-state index contributed by atoms with van der Waals surface area (Å²) in [5.74, 6) is -0.255. The topological polar surface area (TPSA) is 97.2 Å². The first-order valence-corrected chi connectivity index (χ1v) is 15.1. The van der Waals surface area contributed by atoms with Gasteiger partial charge in [0, 0.05) is 33.6 Å². The van der Waals surface area contributed by atoms with Crippen LogP contribution in [0.2, 0.25) is 10.0 Å². The number of amides is 1. The van der Waals surface area contributed by atoms with E-state index in [-0.39, 0.29) is 22.7 Å². The molecule has 2 aromatic heterocycles. The highest BCUT2D eigenvalue weighted by atomic mass is 35.5. The zero-order valence-electron chi connectivity index (χ0n) is 20.3. The van der Waals surface area contributed by atoms with Crippen molar-refractivity contribution >= 4 is 61.3 Å². The van der Waals surface area contributed by atoms with Gasteiger partial charge in [-0.25, -0.2) is 13.1 Å². The van der Waals surface area contributed by atoms with E-state index >= 15 is 0 Å². The maximum atomic E-state index is 13.5. The summed E-state index contributed by atoms with van der Waals surface area (Å²) in [6.07, 6.45) is 2.95. The highest BCUT2D eigenvalue weighted by Crippen LogP contribution is 2.32. The monoisotopic (exact) mass is 589 g/mol. The molecule has 38 heavy (non-hydrogen) atoms. The van der Waals surface area contributed by atoms with Crippen LogP contribution >= 0.6 is 34.5 Å². The average Bonchev–Trinajstić information content (AvgIpc) is 3.56. The Hall–Kier alpha value is -2.76. The van der Waals surface area contributed by atoms with Crippen molar-refractivity contribution < 1.29 is 13.2 Å². The third-order valence-corrected chi connectivity index (χ3v) is 10.7. The van der Waals surface area contributed by atoms with Crippen molar-refractivity contribution in [1.82, 2.24) is 25.2 Å². The van der Waals surface area contributed by atoms with Crippen molar-refractivity contribution in [3.8, 4) is 0 Å². The Morgan fingerprint density at radius 2 is 1.82 bits per heavy atom. The van der Waals surface area contributed by atoms with Gasteiger partial charge in [0.05, 0.1) is 18.1 Å². The molecule has 1 saturated heterocycles. The van der Waals surface area contributed by atoms with Gasteiger partial charge < -0.3 is 5.32 Å². The quantitative estimate of drug-likeness (QED) is 0.278. The van der Waals surface area contributed by atoms with Gasteiger partial charge in [0.1, 0.15) is 15.1 Å². The molecule has 8 nitrogen and oxygen atoms in total. The minimum atomic E-state index is -3.69. The molecular formula is C26H25Cl2N5O3S2. The zero-order valence-corrected chi connectivity index (χ0v) is 23.4. The van der Waals surface area contributed by atoms with Gasteiger partial charge in [0.25, 0.3) is 5.91 Å². The van der Waals surface area contributed by atoms with Crippen LogP contribution < -0.4 is 5.32 Å². The summed E-state index contributed by atoms with van der Waals surface area (Å²) in [5, 5.41) is 11.7. The van der Waals surface area contributed by atoms with Crippen LogP contribution in [0.5, 0.6) is 0 Å². The molecule has 1 aliphatic heterocycles. The molecule has 198 valence electrons. The number of nitrogens with zero attached hydrogens (tertiary/aromatic N) is 4. The summed E-state index contributed by atoms with van der Waals surface area (Å²) in [7, 11) is -3.69. The summed E-state index contributed by atoms with van der Waals surface area (Å²) in [6, 6.07) is 15.5. The molecule has 5 rings (SSSR count). The van der Waals surface area contributed by atoms with Gasteiger partial charge in [-0.2, -0.15) is 0 Å². The number of hydrogen-bond donors (Lipinski definition) is 1. The Kier molecular flexibility index (Phi) is 7.88. The second kappa shape index (κ2) is 11.2. The Balaban J connectivity index is 1.23. The predicted octanol–water partition coefficient (Wildman–Crippen LogP) is 5.35. The van der Waals surface area contributed by atoms with Crippen LogP contribution in [-0.4, -0.2) is 52.7 Å². The maximum absolute atomic E-state index is 13.5. The molecular weight excluding hydrogens is 565 g/mol. The molecule has 3 heterocycles. The summed E-state index contributed by atoms with van der Waals surface area (Å²) >= 11 is 13.1. The minimum Gasteiger partial charge on any atom is -0.347 e. The van der Waals surface area contributed by atoms with Crippen LogP contribution in [-0.2, 0) is 16.4 Å². The van der Waals surface area contributed by atoms with E-state index in [1.807, 2.05) is 21.7 Å². The summed E-state index contributed by atoms with van der Waals surface area (Å²) in [5.41, 5.74) is 2.14. The van der Waals surface area contributed by atoms with E-state index in [1.54, 1.807) is 42.5 Å². The molecule has 1 amide bonds. The number of carbonyl (C=O) groups is 1. The fraction of sp³-hybridized carbons (Fsp3) is 0.269. The number of fused-ring (bicyclic) bond motifs is 1. The van der Waals surface area contributed by atoms with Crippen LogP contribution in [0.4, 0.5) is 0 Å². The third kappa shape index (κ3) is 5.50. The second-order valence-electron chi connectivity index (χ2n) is 9.02. The average molecular weight is 591 g/mol. The SMILES string of the molecule is C=CC(N1CCC(n2nnc3cc(Cl)ccc32)CC1)S(=O)(=O)c1ccc(CNC(=O)c2ccc(Cl)cc2)s1. The van der Waals surface area contributed by atoms with Crippen LogP contribution in [0.15, 0.2) is 71.5 Å². The number of hydrogen-bond acceptors (Lipinski definition) is 7. The number of halogens is 2. The van der Waals surface area contributed by atoms with Crippen LogP contribution in [0, 0.1) is 0 Å². The largest absolute Gasteiger partial charge is 0.347 e. The smallest absolute Gasteiger partial charge is 0.251 e. The lowest BCUT2D eigenvalue weighted by molar-refractivity contribution is 0.0951. The first kappa shape index (κ1) is 26.8. The third-order valence-electron chi connectivity index (χ3n) is 6.60. The van der Waals surface area contributed by atoms with Gasteiger partial charge in [-0.3, -0.25) is 9.69 Å². The number of carbonyl (C=O) groups excluding carboxylic acids is 1. The number of benzene rings is 2. The number of piperidine rings is 1. The number of rotatable bonds is 8. The second-order valence-corrected chi connectivity index (χ2v) is 13.3. The molecule has 0 radical (unpaired) electrons. The van der Waals surface area contributed by atoms with Gasteiger partial charge in [0.15, 0.2) is 0 Å². The number of nitrogens with one attached hydrogen (secondary N) is 1. The van der Waals surface area contributed by atoms with Crippen molar-refractivity contribution in [3.05, 3.63) is 87.7 Å². The molecule has 1 atom stereocenters. The van der Waals surface area contributed by atoms with Crippen molar-refractivity contribution in [2.45, 2.75) is 35.0 Å². The van der Waals surface area contributed by atoms with E-state index in [4.69, 9.17) is 23.2 Å². The van der Waals surface area contributed by atoms with Gasteiger partial charge in [-0.15, -0.1) is 23.0 Å². The maximum Gasteiger partial charge on any atom is 0.251 e. The van der Waals surface area contributed by atoms with Crippen molar-refractivity contribution in [2.24, 2.45) is 0 Å². The minimum absolute atomic E-state index is 0.114. The van der Waals surface area contributed by atoms with E-state index in [2.05, 4.69) is 22.2 Å². The molecule has 0 aliphatic carbocycles. The van der Waals surface area contributed by atoms with Crippen LogP contribution in [0.1, 0.15) is 34.1 Å². The first-order chi connectivity index (χ1) is 18.3. The molecule has 4 aromatic rings. The summed E-state index contributed by atoms with van der Waals surface area (Å²) in [6.45, 7) is 5.20. The number of sulfone groups is 1. The van der Waals surface area contributed by atoms with Crippen molar-refractivity contribution in [2.75, 3.05) is 13.1 Å². The van der Waals surface area contributed by atoms with Gasteiger partial charge >= 0.3 is 0 Å². The number of aromatic nitrogens is 3. The van der Waals surface area contributed by atoms with E-state index in [1.165, 1.54) is 6.08 Å². The lowest BCUT2D eigenvalue weighted by Crippen LogP contribution is -2.44. The molecule has 0 spiro atoms. The number of thiophene rings is 1. The summed E-state index contributed by atoms with van der Waals surface area (Å²) in [4.78, 5) is 15.1. The Bertz CT molecular complexity index is 1580. The Morgan fingerprint density at radius 1 is 1.11 bits per heavy atom. The van der Waals surface area contributed by atoms with Gasteiger partial charge in [0.2, 0.25) is 9.84 Å². The lowest BCUT2D eigenvalue weighted by atomic mass is 10.0. The molecule has 0 saturated carbocycles. The summed E-state index contributed by atoms with van der Waals surface area (Å²) < 4.78 is 29.2. The highest BCUT2D eigenvalue weighted by molar-refractivity contribution is 7.94. The van der Waals surface area contributed by atoms with Crippen molar-refractivity contribution in [1.29, 1.82) is 0 Å². The molecule has 12 heteroatoms. The standard InChI is InChI=1S/C26H25Cl2N5O3S2/c1-2-24(32-13-11-20(12-14-32)33-23-9-7-19(28)15-22(23)30-31-33)38(35,36)25-10-8-21(37-25)16-29-26(34)17-3-5-18(27)6-4-17/h2-10,15,20,24H,1,11-14,16H2,(H,29,34). The van der Waals surface area contributed by atoms with Crippen LogP contribution in [0.3, 0.4) is 0 Å². The normalized spacial score (nSPS) is 15.9. The van der Waals surface area contributed by atoms with Crippen LogP contribution in [0.25, 0.3) is 11.0 Å². The zero-order chi connectivity index (χ0) is 26.9. The molecule has 2 aromatic carbocycles. The Morgan fingerprint density at radius 3 is 2.53 bits per heavy atom. The van der Waals surface area contributed by atoms with E-state index < -0.39 is 15.2 Å². The van der Waals surface area contributed by atoms with E-state index in [0.717, 1.165) is 40.1 Å². The van der Waals surface area contributed by atoms with E-state index in [9.17, 15) is 13.2 Å². The molecule has 0 bridgehead atoms. The highest BCUT2D eigenvalue weighted by Gasteiger charge is 2.35.